The van der Waals surface area contributed by atoms with E-state index in [4.69, 9.17) is 14.2 Å². The number of nitrogens with one attached hydrogen (secondary N) is 1. The molecule has 0 fully saturated rings. The molecule has 28 heavy (non-hydrogen) atoms. The van der Waals surface area contributed by atoms with E-state index in [0.29, 0.717) is 21.5 Å². The van der Waals surface area contributed by atoms with E-state index in [2.05, 4.69) is 31.4 Å². The Morgan fingerprint density at radius 3 is 2.89 bits per heavy atom. The summed E-state index contributed by atoms with van der Waals surface area (Å²) < 4.78 is 16.4. The van der Waals surface area contributed by atoms with Crippen LogP contribution in [0.1, 0.15) is 22.4 Å². The third kappa shape index (κ3) is 5.52. The van der Waals surface area contributed by atoms with Gasteiger partial charge in [-0.25, -0.2) is 10.4 Å². The number of pyridine rings is 1. The minimum absolute atomic E-state index is 0.0715. The van der Waals surface area contributed by atoms with Gasteiger partial charge in [0.25, 0.3) is 5.91 Å². The van der Waals surface area contributed by atoms with E-state index in [1.165, 1.54) is 13.3 Å². The molecule has 9 heteroatoms. The highest BCUT2D eigenvalue weighted by Crippen LogP contribution is 2.29. The Kier molecular flexibility index (Phi) is 7.92. The second kappa shape index (κ2) is 10.4. The fraction of sp³-hybridized carbons (Fsp3) is 0.263. The van der Waals surface area contributed by atoms with Crippen LogP contribution in [0.3, 0.4) is 0 Å². The van der Waals surface area contributed by atoms with Crippen molar-refractivity contribution in [2.75, 3.05) is 20.8 Å². The van der Waals surface area contributed by atoms with Gasteiger partial charge in [0.15, 0.2) is 6.61 Å². The fourth-order valence-corrected chi connectivity index (χ4v) is 2.68. The van der Waals surface area contributed by atoms with E-state index in [1.54, 1.807) is 20.1 Å². The molecule has 1 N–H and O–H groups in total. The van der Waals surface area contributed by atoms with Crippen LogP contribution in [0, 0.1) is 18.3 Å². The van der Waals surface area contributed by atoms with E-state index in [1.807, 2.05) is 24.3 Å². The third-order valence-electron chi connectivity index (χ3n) is 3.60. The number of hydrogen-bond acceptors (Lipinski definition) is 7. The topological polar surface area (TPSA) is 106 Å². The molecule has 0 saturated carbocycles. The summed E-state index contributed by atoms with van der Waals surface area (Å²) in [5.41, 5.74) is 4.58. The average Bonchev–Trinajstić information content (AvgIpc) is 2.70. The third-order valence-corrected chi connectivity index (χ3v) is 4.66. The van der Waals surface area contributed by atoms with Crippen molar-refractivity contribution < 1.29 is 19.0 Å². The lowest BCUT2D eigenvalue weighted by Crippen LogP contribution is -2.25. The van der Waals surface area contributed by atoms with Crippen molar-refractivity contribution in [1.29, 1.82) is 5.26 Å². The molecule has 146 valence electrons. The van der Waals surface area contributed by atoms with Crippen LogP contribution in [0.15, 0.2) is 33.8 Å². The number of methoxy groups -OCH3 is 2. The number of hydrazone groups is 1. The molecule has 0 radical (unpaired) electrons. The van der Waals surface area contributed by atoms with Gasteiger partial charge in [0.2, 0.25) is 5.88 Å². The zero-order valence-electron chi connectivity index (χ0n) is 15.7. The zero-order valence-corrected chi connectivity index (χ0v) is 17.2. The molecule has 1 aromatic carbocycles. The lowest BCUT2D eigenvalue weighted by molar-refractivity contribution is -0.123. The maximum Gasteiger partial charge on any atom is 0.278 e. The van der Waals surface area contributed by atoms with Crippen LogP contribution in [0.2, 0.25) is 0 Å². The molecule has 0 unspecified atom stereocenters. The number of aromatic nitrogens is 1. The molecule has 1 heterocycles. The quantitative estimate of drug-likeness (QED) is 0.493. The first-order chi connectivity index (χ1) is 13.5. The monoisotopic (exact) mass is 446 g/mol. The molecule has 2 rings (SSSR count). The maximum atomic E-state index is 12.0. The zero-order chi connectivity index (χ0) is 20.5. The van der Waals surface area contributed by atoms with Gasteiger partial charge in [0.05, 0.1) is 25.6 Å². The van der Waals surface area contributed by atoms with Crippen molar-refractivity contribution in [3.05, 3.63) is 51.1 Å². The molecule has 0 saturated heterocycles. The summed E-state index contributed by atoms with van der Waals surface area (Å²) >= 11 is 3.40. The van der Waals surface area contributed by atoms with E-state index in [-0.39, 0.29) is 24.7 Å². The minimum atomic E-state index is -0.487. The summed E-state index contributed by atoms with van der Waals surface area (Å²) in [4.78, 5) is 16.2. The molecule has 0 spiro atoms. The molecule has 0 aliphatic carbocycles. The van der Waals surface area contributed by atoms with Crippen LogP contribution in [-0.2, 0) is 16.1 Å². The minimum Gasteiger partial charge on any atom is -0.497 e. The summed E-state index contributed by atoms with van der Waals surface area (Å²) in [6.07, 6.45) is 1.49. The summed E-state index contributed by atoms with van der Waals surface area (Å²) in [6, 6.07) is 9.26. The molecular formula is C19H19BrN4O4. The van der Waals surface area contributed by atoms with Crippen LogP contribution < -0.4 is 14.9 Å². The van der Waals surface area contributed by atoms with E-state index < -0.39 is 5.91 Å². The highest BCUT2D eigenvalue weighted by atomic mass is 79.9. The Labute approximate surface area is 171 Å². The number of carbonyl (C=O) groups excluding carboxylic acids is 1. The number of amides is 1. The molecule has 0 atom stereocenters. The first-order valence-corrected chi connectivity index (χ1v) is 8.96. The van der Waals surface area contributed by atoms with Crippen LogP contribution >= 0.6 is 15.9 Å². The number of nitriles is 1. The van der Waals surface area contributed by atoms with Crippen molar-refractivity contribution in [2.45, 2.75) is 13.5 Å². The number of aryl methyl sites for hydroxylation is 1. The number of ether oxygens (including phenoxy) is 3. The van der Waals surface area contributed by atoms with E-state index in [0.717, 1.165) is 5.56 Å². The highest BCUT2D eigenvalue weighted by molar-refractivity contribution is 9.10. The van der Waals surface area contributed by atoms with Crippen LogP contribution in [0.25, 0.3) is 0 Å². The summed E-state index contributed by atoms with van der Waals surface area (Å²) in [6.45, 7) is 1.63. The summed E-state index contributed by atoms with van der Waals surface area (Å²) in [5, 5.41) is 13.3. The van der Waals surface area contributed by atoms with E-state index in [9.17, 15) is 10.1 Å². The molecular weight excluding hydrogens is 428 g/mol. The van der Waals surface area contributed by atoms with Crippen molar-refractivity contribution in [3.8, 4) is 17.7 Å². The smallest absolute Gasteiger partial charge is 0.278 e. The molecule has 0 aliphatic rings. The Hall–Kier alpha value is -2.96. The average molecular weight is 447 g/mol. The van der Waals surface area contributed by atoms with Crippen LogP contribution in [0.4, 0.5) is 0 Å². The van der Waals surface area contributed by atoms with Crippen molar-refractivity contribution >= 4 is 28.1 Å². The number of rotatable bonds is 8. The predicted octanol–water partition coefficient (Wildman–Crippen LogP) is 2.71. The number of carbonyl (C=O) groups is 1. The fourth-order valence-electron chi connectivity index (χ4n) is 2.28. The van der Waals surface area contributed by atoms with Gasteiger partial charge >= 0.3 is 0 Å². The number of halogens is 1. The lowest BCUT2D eigenvalue weighted by atomic mass is 10.1. The highest BCUT2D eigenvalue weighted by Gasteiger charge is 2.18. The maximum absolute atomic E-state index is 12.0. The largest absolute Gasteiger partial charge is 0.497 e. The van der Waals surface area contributed by atoms with Crippen molar-refractivity contribution in [2.24, 2.45) is 5.10 Å². The first kappa shape index (κ1) is 21.3. The molecule has 8 nitrogen and oxygen atoms in total. The normalized spacial score (nSPS) is 10.5. The van der Waals surface area contributed by atoms with Crippen molar-refractivity contribution in [1.82, 2.24) is 10.4 Å². The van der Waals surface area contributed by atoms with Gasteiger partial charge in [-0.2, -0.15) is 10.4 Å². The number of benzene rings is 1. The Morgan fingerprint density at radius 1 is 1.43 bits per heavy atom. The second-order valence-electron chi connectivity index (χ2n) is 5.57. The molecule has 0 aliphatic heterocycles. The summed E-state index contributed by atoms with van der Waals surface area (Å²) in [5.74, 6) is 0.270. The Bertz CT molecular complexity index is 925. The Morgan fingerprint density at radius 2 is 2.21 bits per heavy atom. The van der Waals surface area contributed by atoms with Crippen molar-refractivity contribution in [3.63, 3.8) is 0 Å². The van der Waals surface area contributed by atoms with Gasteiger partial charge < -0.3 is 14.2 Å². The van der Waals surface area contributed by atoms with Crippen LogP contribution in [-0.4, -0.2) is 37.9 Å². The second-order valence-corrected chi connectivity index (χ2v) is 6.37. The SMILES string of the molecule is COCc1c(Br)c(C)nc(OCC(=O)NN=Cc2cccc(OC)c2)c1C#N. The summed E-state index contributed by atoms with van der Waals surface area (Å²) in [7, 11) is 3.10. The molecule has 0 bridgehead atoms. The molecule has 1 amide bonds. The Balaban J connectivity index is 2.02. The van der Waals surface area contributed by atoms with Gasteiger partial charge in [0.1, 0.15) is 17.4 Å². The van der Waals surface area contributed by atoms with Crippen LogP contribution in [0.5, 0.6) is 11.6 Å². The van der Waals surface area contributed by atoms with E-state index >= 15 is 0 Å². The van der Waals surface area contributed by atoms with Gasteiger partial charge in [0, 0.05) is 17.1 Å². The molecule has 1 aromatic heterocycles. The predicted molar refractivity (Wildman–Crippen MR) is 106 cm³/mol. The lowest BCUT2D eigenvalue weighted by Gasteiger charge is -2.13. The van der Waals surface area contributed by atoms with Gasteiger partial charge in [-0.1, -0.05) is 12.1 Å². The van der Waals surface area contributed by atoms with Gasteiger partial charge in [-0.15, -0.1) is 0 Å². The molecule has 2 aromatic rings. The number of hydrogen-bond donors (Lipinski definition) is 1. The van der Waals surface area contributed by atoms with Gasteiger partial charge in [-0.3, -0.25) is 4.79 Å². The standard InChI is InChI=1S/C19H19BrN4O4/c1-12-18(20)16(10-26-2)15(8-21)19(23-12)28-11-17(25)24-22-9-13-5-4-6-14(7-13)27-3/h4-7,9H,10-11H2,1-3H3,(H,24,25). The first-order valence-electron chi connectivity index (χ1n) is 8.16. The number of nitrogens with zero attached hydrogens (tertiary/aromatic N) is 3. The van der Waals surface area contributed by atoms with Gasteiger partial charge in [-0.05, 0) is 40.5 Å².